The van der Waals surface area contributed by atoms with E-state index in [2.05, 4.69) is 26.2 Å². The molecule has 4 heterocycles. The second kappa shape index (κ2) is 4.92. The third kappa shape index (κ3) is 2.16. The van der Waals surface area contributed by atoms with E-state index in [0.717, 1.165) is 11.1 Å². The fourth-order valence-electron chi connectivity index (χ4n) is 2.31. The molecule has 0 aliphatic heterocycles. The van der Waals surface area contributed by atoms with E-state index >= 15 is 0 Å². The molecule has 1 N–H and O–H groups in total. The van der Waals surface area contributed by atoms with Gasteiger partial charge in [0.25, 0.3) is 5.56 Å². The van der Waals surface area contributed by atoms with Crippen LogP contribution in [0.2, 0.25) is 0 Å². The zero-order valence-electron chi connectivity index (χ0n) is 11.7. The first kappa shape index (κ1) is 13.0. The summed E-state index contributed by atoms with van der Waals surface area (Å²) in [6, 6.07) is 5.20. The molecule has 0 unspecified atom stereocenters. The van der Waals surface area contributed by atoms with Crippen LogP contribution in [0.4, 0.5) is 0 Å². The molecule has 0 atom stereocenters. The van der Waals surface area contributed by atoms with E-state index in [4.69, 9.17) is 5.26 Å². The van der Waals surface area contributed by atoms with Crippen molar-refractivity contribution in [2.24, 2.45) is 0 Å². The topological polar surface area (TPSA) is 105 Å². The summed E-state index contributed by atoms with van der Waals surface area (Å²) in [5, 5.41) is 17.4. The number of aromatic amines is 1. The SMILES string of the molecule is N#Cc1cncc(-c2cnn(-c3cnn4ccc(=O)[nH]c34)c2)c1. The van der Waals surface area contributed by atoms with Crippen LogP contribution < -0.4 is 5.56 Å². The summed E-state index contributed by atoms with van der Waals surface area (Å²) < 4.78 is 3.18. The molecular formula is C15H9N7O. The minimum absolute atomic E-state index is 0.211. The van der Waals surface area contributed by atoms with Crippen LogP contribution in [0.5, 0.6) is 0 Å². The Balaban J connectivity index is 1.82. The third-order valence-corrected chi connectivity index (χ3v) is 3.41. The number of hydrogen-bond acceptors (Lipinski definition) is 5. The van der Waals surface area contributed by atoms with E-state index < -0.39 is 0 Å². The van der Waals surface area contributed by atoms with Gasteiger partial charge in [-0.2, -0.15) is 15.5 Å². The molecule has 0 radical (unpaired) electrons. The molecule has 0 amide bonds. The molecule has 0 aromatic carbocycles. The molecule has 0 aliphatic carbocycles. The number of pyridine rings is 1. The van der Waals surface area contributed by atoms with Gasteiger partial charge in [0.15, 0.2) is 5.65 Å². The second-order valence-electron chi connectivity index (χ2n) is 4.88. The quantitative estimate of drug-likeness (QED) is 0.598. The fourth-order valence-corrected chi connectivity index (χ4v) is 2.31. The molecule has 110 valence electrons. The highest BCUT2D eigenvalue weighted by Crippen LogP contribution is 2.21. The van der Waals surface area contributed by atoms with Gasteiger partial charge in [0.2, 0.25) is 0 Å². The standard InChI is InChI=1S/C15H9N7O/c16-4-10-3-11(6-17-5-10)12-7-18-22(9-12)13-8-19-21-2-1-14(23)20-15(13)21/h1-3,5-9H,(H,20,23). The second-order valence-corrected chi connectivity index (χ2v) is 4.88. The molecule has 23 heavy (non-hydrogen) atoms. The number of aromatic nitrogens is 6. The van der Waals surface area contributed by atoms with Crippen molar-refractivity contribution in [3.63, 3.8) is 0 Å². The number of fused-ring (bicyclic) bond motifs is 1. The third-order valence-electron chi connectivity index (χ3n) is 3.41. The van der Waals surface area contributed by atoms with Gasteiger partial charge in [-0.15, -0.1) is 0 Å². The van der Waals surface area contributed by atoms with Gasteiger partial charge in [0, 0.05) is 42.0 Å². The van der Waals surface area contributed by atoms with Crippen molar-refractivity contribution in [2.75, 3.05) is 0 Å². The molecule has 0 fully saturated rings. The largest absolute Gasteiger partial charge is 0.305 e. The van der Waals surface area contributed by atoms with Crippen LogP contribution in [0.15, 0.2) is 54.1 Å². The Morgan fingerprint density at radius 3 is 2.91 bits per heavy atom. The lowest BCUT2D eigenvalue weighted by Crippen LogP contribution is -2.07. The van der Waals surface area contributed by atoms with Crippen LogP contribution in [0.25, 0.3) is 22.5 Å². The summed E-state index contributed by atoms with van der Waals surface area (Å²) in [5.74, 6) is 0. The maximum atomic E-state index is 11.5. The Bertz CT molecular complexity index is 1110. The summed E-state index contributed by atoms with van der Waals surface area (Å²) in [5.41, 5.74) is 3.08. The maximum Gasteiger partial charge on any atom is 0.251 e. The monoisotopic (exact) mass is 303 g/mol. The van der Waals surface area contributed by atoms with Gasteiger partial charge in [0.1, 0.15) is 11.8 Å². The molecule has 8 nitrogen and oxygen atoms in total. The summed E-state index contributed by atoms with van der Waals surface area (Å²) in [7, 11) is 0. The highest BCUT2D eigenvalue weighted by molar-refractivity contribution is 5.64. The molecule has 4 aromatic heterocycles. The summed E-state index contributed by atoms with van der Waals surface area (Å²) >= 11 is 0. The highest BCUT2D eigenvalue weighted by atomic mass is 16.1. The zero-order valence-corrected chi connectivity index (χ0v) is 11.7. The lowest BCUT2D eigenvalue weighted by molar-refractivity contribution is 0.883. The van der Waals surface area contributed by atoms with Gasteiger partial charge < -0.3 is 4.98 Å². The average molecular weight is 303 g/mol. The lowest BCUT2D eigenvalue weighted by atomic mass is 10.1. The predicted octanol–water partition coefficient (Wildman–Crippen LogP) is 1.14. The van der Waals surface area contributed by atoms with E-state index in [9.17, 15) is 4.79 Å². The molecule has 4 rings (SSSR count). The molecule has 8 heteroatoms. The summed E-state index contributed by atoms with van der Waals surface area (Å²) in [4.78, 5) is 18.3. The predicted molar refractivity (Wildman–Crippen MR) is 80.9 cm³/mol. The minimum Gasteiger partial charge on any atom is -0.305 e. The normalized spacial score (nSPS) is 10.7. The molecule has 0 bridgehead atoms. The number of nitrogens with one attached hydrogen (secondary N) is 1. The van der Waals surface area contributed by atoms with Crippen molar-refractivity contribution in [3.05, 3.63) is 65.2 Å². The van der Waals surface area contributed by atoms with E-state index in [1.54, 1.807) is 46.2 Å². The van der Waals surface area contributed by atoms with Crippen LogP contribution in [0, 0.1) is 11.3 Å². The number of nitriles is 1. The van der Waals surface area contributed by atoms with Crippen molar-refractivity contribution >= 4 is 5.65 Å². The molecule has 0 aliphatic rings. The van der Waals surface area contributed by atoms with Crippen LogP contribution in [0.3, 0.4) is 0 Å². The number of rotatable bonds is 2. The average Bonchev–Trinajstić information content (AvgIpc) is 3.21. The molecule has 0 spiro atoms. The van der Waals surface area contributed by atoms with E-state index in [1.165, 1.54) is 12.3 Å². The van der Waals surface area contributed by atoms with E-state index in [1.807, 2.05) is 0 Å². The first-order chi connectivity index (χ1) is 11.2. The zero-order chi connectivity index (χ0) is 15.8. The Morgan fingerprint density at radius 1 is 1.13 bits per heavy atom. The van der Waals surface area contributed by atoms with Crippen molar-refractivity contribution in [1.82, 2.24) is 29.4 Å². The van der Waals surface area contributed by atoms with Crippen LogP contribution in [-0.2, 0) is 0 Å². The fraction of sp³-hybridized carbons (Fsp3) is 0. The van der Waals surface area contributed by atoms with Gasteiger partial charge >= 0.3 is 0 Å². The smallest absolute Gasteiger partial charge is 0.251 e. The number of nitrogens with zero attached hydrogens (tertiary/aromatic N) is 6. The molecule has 0 saturated carbocycles. The van der Waals surface area contributed by atoms with Gasteiger partial charge in [-0.1, -0.05) is 0 Å². The van der Waals surface area contributed by atoms with Gasteiger partial charge in [-0.3, -0.25) is 9.78 Å². The lowest BCUT2D eigenvalue weighted by Gasteiger charge is -1.98. The van der Waals surface area contributed by atoms with E-state index in [-0.39, 0.29) is 5.56 Å². The summed E-state index contributed by atoms with van der Waals surface area (Å²) in [6.45, 7) is 0. The highest BCUT2D eigenvalue weighted by Gasteiger charge is 2.10. The van der Waals surface area contributed by atoms with Crippen LogP contribution in [0.1, 0.15) is 5.56 Å². The van der Waals surface area contributed by atoms with Crippen molar-refractivity contribution in [2.45, 2.75) is 0 Å². The molecule has 0 saturated heterocycles. The van der Waals surface area contributed by atoms with Crippen LogP contribution >= 0.6 is 0 Å². The number of hydrogen-bond donors (Lipinski definition) is 1. The number of H-pyrrole nitrogens is 1. The minimum atomic E-state index is -0.211. The van der Waals surface area contributed by atoms with Gasteiger partial charge in [0.05, 0.1) is 18.0 Å². The van der Waals surface area contributed by atoms with Gasteiger partial charge in [-0.05, 0) is 6.07 Å². The Morgan fingerprint density at radius 2 is 2.04 bits per heavy atom. The van der Waals surface area contributed by atoms with Crippen molar-refractivity contribution in [3.8, 4) is 22.9 Å². The Labute approximate surface area is 129 Å². The maximum absolute atomic E-state index is 11.5. The Hall–Kier alpha value is -3.73. The first-order valence-corrected chi connectivity index (χ1v) is 6.72. The molecular weight excluding hydrogens is 294 g/mol. The van der Waals surface area contributed by atoms with Crippen molar-refractivity contribution < 1.29 is 0 Å². The van der Waals surface area contributed by atoms with Crippen LogP contribution in [-0.4, -0.2) is 29.4 Å². The van der Waals surface area contributed by atoms with E-state index in [0.29, 0.717) is 16.9 Å². The Kier molecular flexibility index (Phi) is 2.78. The van der Waals surface area contributed by atoms with Crippen molar-refractivity contribution in [1.29, 1.82) is 5.26 Å². The first-order valence-electron chi connectivity index (χ1n) is 6.72. The molecule has 4 aromatic rings. The van der Waals surface area contributed by atoms with Gasteiger partial charge in [-0.25, -0.2) is 9.20 Å². The summed E-state index contributed by atoms with van der Waals surface area (Å²) in [6.07, 6.45) is 9.84.